The van der Waals surface area contributed by atoms with Crippen LogP contribution in [-0.2, 0) is 0 Å². The molecule has 2 atom stereocenters. The summed E-state index contributed by atoms with van der Waals surface area (Å²) >= 11 is 0. The van der Waals surface area contributed by atoms with Crippen molar-refractivity contribution in [2.75, 3.05) is 6.54 Å². The maximum absolute atomic E-state index is 3.64. The maximum atomic E-state index is 3.64. The van der Waals surface area contributed by atoms with Crippen LogP contribution >= 0.6 is 0 Å². The molecule has 0 heterocycles. The minimum absolute atomic E-state index is 0.660. The first-order chi connectivity index (χ1) is 7.75. The lowest BCUT2D eigenvalue weighted by Crippen LogP contribution is -2.31. The van der Waals surface area contributed by atoms with Gasteiger partial charge >= 0.3 is 0 Å². The third-order valence-corrected chi connectivity index (χ3v) is 4.72. The predicted octanol–water partition coefficient (Wildman–Crippen LogP) is 3.98. The second kappa shape index (κ2) is 6.05. The van der Waals surface area contributed by atoms with Gasteiger partial charge in [0.15, 0.2) is 0 Å². The highest BCUT2D eigenvalue weighted by atomic mass is 14.9. The van der Waals surface area contributed by atoms with Crippen LogP contribution in [0.25, 0.3) is 0 Å². The van der Waals surface area contributed by atoms with Gasteiger partial charge in [0.2, 0.25) is 0 Å². The average Bonchev–Trinajstić information content (AvgIpc) is 2.87. The molecule has 0 aromatic carbocycles. The van der Waals surface area contributed by atoms with Crippen molar-refractivity contribution in [2.45, 2.75) is 71.3 Å². The molecule has 0 bridgehead atoms. The van der Waals surface area contributed by atoms with Crippen LogP contribution in [0.5, 0.6) is 0 Å². The van der Waals surface area contributed by atoms with Gasteiger partial charge in [-0.3, -0.25) is 0 Å². The molecule has 16 heavy (non-hydrogen) atoms. The summed E-state index contributed by atoms with van der Waals surface area (Å²) in [5.74, 6) is 3.13. The van der Waals surface area contributed by atoms with Crippen LogP contribution in [0.2, 0.25) is 0 Å². The Labute approximate surface area is 101 Å². The van der Waals surface area contributed by atoms with Gasteiger partial charge in [-0.05, 0) is 37.1 Å². The first kappa shape index (κ1) is 12.4. The highest BCUT2D eigenvalue weighted by Gasteiger charge is 2.30. The van der Waals surface area contributed by atoms with Gasteiger partial charge in [-0.2, -0.15) is 0 Å². The monoisotopic (exact) mass is 223 g/mol. The van der Waals surface area contributed by atoms with Crippen molar-refractivity contribution in [2.24, 2.45) is 17.8 Å². The van der Waals surface area contributed by atoms with Gasteiger partial charge in [0, 0.05) is 6.04 Å². The van der Waals surface area contributed by atoms with Crippen LogP contribution in [-0.4, -0.2) is 12.6 Å². The van der Waals surface area contributed by atoms with Crippen LogP contribution in [0.3, 0.4) is 0 Å². The zero-order valence-electron chi connectivity index (χ0n) is 11.2. The first-order valence-electron chi connectivity index (χ1n) is 7.49. The maximum Gasteiger partial charge on any atom is 0.00104 e. The van der Waals surface area contributed by atoms with Crippen LogP contribution in [0, 0.1) is 17.8 Å². The van der Waals surface area contributed by atoms with E-state index in [0.29, 0.717) is 6.04 Å². The zero-order valence-corrected chi connectivity index (χ0v) is 11.2. The molecule has 1 heteroatoms. The minimum Gasteiger partial charge on any atom is -0.314 e. The molecular formula is C15H29N. The van der Waals surface area contributed by atoms with E-state index in [1.165, 1.54) is 51.5 Å². The fourth-order valence-corrected chi connectivity index (χ4v) is 3.75. The number of nitrogens with one attached hydrogen (secondary N) is 1. The SMILES string of the molecule is CC(C)NCC1CCCC1CC1CCCC1. The first-order valence-corrected chi connectivity index (χ1v) is 7.49. The van der Waals surface area contributed by atoms with Gasteiger partial charge in [0.05, 0.1) is 0 Å². The quantitative estimate of drug-likeness (QED) is 0.743. The van der Waals surface area contributed by atoms with Crippen molar-refractivity contribution in [3.05, 3.63) is 0 Å². The Morgan fingerprint density at radius 3 is 2.31 bits per heavy atom. The van der Waals surface area contributed by atoms with Crippen LogP contribution in [0.15, 0.2) is 0 Å². The van der Waals surface area contributed by atoms with Gasteiger partial charge < -0.3 is 5.32 Å². The van der Waals surface area contributed by atoms with E-state index in [0.717, 1.165) is 17.8 Å². The molecule has 2 saturated carbocycles. The Kier molecular flexibility index (Phi) is 4.69. The van der Waals surface area contributed by atoms with E-state index in [1.54, 1.807) is 6.42 Å². The molecule has 0 spiro atoms. The zero-order chi connectivity index (χ0) is 11.4. The summed E-state index contributed by atoms with van der Waals surface area (Å²) in [4.78, 5) is 0. The van der Waals surface area contributed by atoms with Crippen molar-refractivity contribution in [3.63, 3.8) is 0 Å². The van der Waals surface area contributed by atoms with E-state index >= 15 is 0 Å². The summed E-state index contributed by atoms with van der Waals surface area (Å²) in [6, 6.07) is 0.660. The van der Waals surface area contributed by atoms with Crippen molar-refractivity contribution in [1.82, 2.24) is 5.32 Å². The van der Waals surface area contributed by atoms with Gasteiger partial charge in [0.1, 0.15) is 0 Å². The second-order valence-electron chi connectivity index (χ2n) is 6.40. The highest BCUT2D eigenvalue weighted by molar-refractivity contribution is 4.82. The Morgan fingerprint density at radius 1 is 0.938 bits per heavy atom. The summed E-state index contributed by atoms with van der Waals surface area (Å²) in [5.41, 5.74) is 0. The molecule has 2 unspecified atom stereocenters. The number of hydrogen-bond acceptors (Lipinski definition) is 1. The van der Waals surface area contributed by atoms with Crippen LogP contribution < -0.4 is 5.32 Å². The molecule has 0 aliphatic heterocycles. The topological polar surface area (TPSA) is 12.0 Å². The Hall–Kier alpha value is -0.0400. The minimum atomic E-state index is 0.660. The molecule has 2 rings (SSSR count). The molecule has 1 N–H and O–H groups in total. The Bertz CT molecular complexity index is 194. The normalized spacial score (nSPS) is 31.7. The van der Waals surface area contributed by atoms with E-state index in [1.807, 2.05) is 0 Å². The lowest BCUT2D eigenvalue weighted by atomic mass is 9.86. The molecule has 0 radical (unpaired) electrons. The third-order valence-electron chi connectivity index (χ3n) is 4.72. The van der Waals surface area contributed by atoms with Crippen molar-refractivity contribution >= 4 is 0 Å². The van der Waals surface area contributed by atoms with Gasteiger partial charge in [-0.15, -0.1) is 0 Å². The molecule has 2 aliphatic carbocycles. The van der Waals surface area contributed by atoms with Gasteiger partial charge in [0.25, 0.3) is 0 Å². The van der Waals surface area contributed by atoms with E-state index in [4.69, 9.17) is 0 Å². The van der Waals surface area contributed by atoms with Crippen molar-refractivity contribution in [1.29, 1.82) is 0 Å². The Balaban J connectivity index is 1.73. The summed E-state index contributed by atoms with van der Waals surface area (Å²) in [6.45, 7) is 5.80. The summed E-state index contributed by atoms with van der Waals surface area (Å²) in [6.07, 6.45) is 12.1. The fourth-order valence-electron chi connectivity index (χ4n) is 3.75. The summed E-state index contributed by atoms with van der Waals surface area (Å²) < 4.78 is 0. The smallest absolute Gasteiger partial charge is 0.00104 e. The van der Waals surface area contributed by atoms with Crippen molar-refractivity contribution in [3.8, 4) is 0 Å². The molecular weight excluding hydrogens is 194 g/mol. The molecule has 0 saturated heterocycles. The molecule has 0 aromatic heterocycles. The fraction of sp³-hybridized carbons (Fsp3) is 1.00. The number of rotatable bonds is 5. The van der Waals surface area contributed by atoms with E-state index in [2.05, 4.69) is 19.2 Å². The molecule has 0 aromatic rings. The lowest BCUT2D eigenvalue weighted by Gasteiger charge is -2.24. The van der Waals surface area contributed by atoms with Crippen molar-refractivity contribution < 1.29 is 0 Å². The lowest BCUT2D eigenvalue weighted by molar-refractivity contribution is 0.291. The van der Waals surface area contributed by atoms with Crippen LogP contribution in [0.4, 0.5) is 0 Å². The summed E-state index contributed by atoms with van der Waals surface area (Å²) in [7, 11) is 0. The standard InChI is InChI=1S/C15H29N/c1-12(2)16-11-15-9-5-8-14(15)10-13-6-3-4-7-13/h12-16H,3-11H2,1-2H3. The predicted molar refractivity (Wildman–Crippen MR) is 70.5 cm³/mol. The van der Waals surface area contributed by atoms with Gasteiger partial charge in [-0.25, -0.2) is 0 Å². The average molecular weight is 223 g/mol. The van der Waals surface area contributed by atoms with E-state index in [9.17, 15) is 0 Å². The summed E-state index contributed by atoms with van der Waals surface area (Å²) in [5, 5.41) is 3.64. The Morgan fingerprint density at radius 2 is 1.62 bits per heavy atom. The molecule has 94 valence electrons. The van der Waals surface area contributed by atoms with Gasteiger partial charge in [-0.1, -0.05) is 52.4 Å². The molecule has 1 nitrogen and oxygen atoms in total. The molecule has 0 amide bonds. The van der Waals surface area contributed by atoms with Crippen LogP contribution in [0.1, 0.15) is 65.2 Å². The molecule has 2 fully saturated rings. The van der Waals surface area contributed by atoms with E-state index in [-0.39, 0.29) is 0 Å². The van der Waals surface area contributed by atoms with E-state index < -0.39 is 0 Å². The molecule has 2 aliphatic rings. The number of hydrogen-bond donors (Lipinski definition) is 1. The highest BCUT2D eigenvalue weighted by Crippen LogP contribution is 2.40. The second-order valence-corrected chi connectivity index (χ2v) is 6.40. The third kappa shape index (κ3) is 3.48. The largest absolute Gasteiger partial charge is 0.314 e.